The van der Waals surface area contributed by atoms with Crippen LogP contribution in [-0.4, -0.2) is 41.5 Å². The lowest BCUT2D eigenvalue weighted by Crippen LogP contribution is -2.24. The third-order valence-corrected chi connectivity index (χ3v) is 3.06. The van der Waals surface area contributed by atoms with Crippen LogP contribution in [0.3, 0.4) is 0 Å². The number of fused-ring (bicyclic) bond motifs is 1. The molecule has 0 fully saturated rings. The minimum absolute atomic E-state index is 0.0254. The molecule has 0 saturated heterocycles. The van der Waals surface area contributed by atoms with Gasteiger partial charge in [-0.25, -0.2) is 4.98 Å². The lowest BCUT2D eigenvalue weighted by Gasteiger charge is -2.16. The number of rotatable bonds is 6. The van der Waals surface area contributed by atoms with Crippen LogP contribution in [0.15, 0.2) is 18.5 Å². The zero-order chi connectivity index (χ0) is 13.0. The molecule has 2 aromatic rings. The van der Waals surface area contributed by atoms with E-state index in [9.17, 15) is 0 Å². The summed E-state index contributed by atoms with van der Waals surface area (Å²) in [6, 6.07) is 1.93. The van der Waals surface area contributed by atoms with E-state index >= 15 is 0 Å². The average Bonchev–Trinajstić information content (AvgIpc) is 2.76. The maximum Gasteiger partial charge on any atom is 0.125 e. The van der Waals surface area contributed by atoms with E-state index in [1.807, 2.05) is 6.07 Å². The van der Waals surface area contributed by atoms with Gasteiger partial charge in [0.05, 0.1) is 36.8 Å². The van der Waals surface area contributed by atoms with Crippen LogP contribution >= 0.6 is 11.6 Å². The summed E-state index contributed by atoms with van der Waals surface area (Å²) < 4.78 is 12.6. The van der Waals surface area contributed by atoms with Crippen molar-refractivity contribution in [1.82, 2.24) is 14.5 Å². The normalized spacial score (nSPS) is 13.1. The third-order valence-electron chi connectivity index (χ3n) is 2.82. The SMILES string of the molecule is COCC(Cn1c(CCl)nc2cnccc21)OC. The number of nitrogens with zero attached hydrogens (tertiary/aromatic N) is 3. The first-order valence-electron chi connectivity index (χ1n) is 5.67. The summed E-state index contributed by atoms with van der Waals surface area (Å²) in [7, 11) is 3.33. The number of aromatic nitrogens is 3. The molecule has 0 aliphatic heterocycles. The Morgan fingerprint density at radius 1 is 1.44 bits per heavy atom. The highest BCUT2D eigenvalue weighted by Crippen LogP contribution is 2.17. The molecule has 0 bridgehead atoms. The predicted octanol–water partition coefficient (Wildman–Crippen LogP) is 1.83. The Morgan fingerprint density at radius 3 is 2.94 bits per heavy atom. The van der Waals surface area contributed by atoms with Gasteiger partial charge in [0.1, 0.15) is 11.3 Å². The molecule has 0 amide bonds. The Balaban J connectivity index is 2.35. The molecule has 2 rings (SSSR count). The number of hydrogen-bond acceptors (Lipinski definition) is 4. The van der Waals surface area contributed by atoms with Crippen LogP contribution in [0.1, 0.15) is 5.82 Å². The molecule has 1 atom stereocenters. The summed E-state index contributed by atoms with van der Waals surface area (Å²) in [6.07, 6.45) is 3.46. The van der Waals surface area contributed by atoms with E-state index in [0.717, 1.165) is 16.9 Å². The largest absolute Gasteiger partial charge is 0.382 e. The third kappa shape index (κ3) is 2.63. The van der Waals surface area contributed by atoms with Crippen molar-refractivity contribution in [1.29, 1.82) is 0 Å². The van der Waals surface area contributed by atoms with Gasteiger partial charge < -0.3 is 14.0 Å². The van der Waals surface area contributed by atoms with Crippen molar-refractivity contribution in [3.63, 3.8) is 0 Å². The second kappa shape index (κ2) is 6.13. The second-order valence-corrected chi connectivity index (χ2v) is 4.22. The molecule has 2 heterocycles. The van der Waals surface area contributed by atoms with Gasteiger partial charge in [-0.2, -0.15) is 0 Å². The van der Waals surface area contributed by atoms with Gasteiger partial charge in [0.15, 0.2) is 0 Å². The molecule has 1 unspecified atom stereocenters. The van der Waals surface area contributed by atoms with Crippen molar-refractivity contribution in [2.75, 3.05) is 20.8 Å². The first-order valence-corrected chi connectivity index (χ1v) is 6.20. The van der Waals surface area contributed by atoms with Crippen molar-refractivity contribution in [3.8, 4) is 0 Å². The monoisotopic (exact) mass is 269 g/mol. The fourth-order valence-electron chi connectivity index (χ4n) is 1.92. The topological polar surface area (TPSA) is 49.2 Å². The fraction of sp³-hybridized carbons (Fsp3) is 0.500. The lowest BCUT2D eigenvalue weighted by atomic mass is 10.3. The van der Waals surface area contributed by atoms with Crippen molar-refractivity contribution in [2.45, 2.75) is 18.5 Å². The van der Waals surface area contributed by atoms with E-state index in [-0.39, 0.29) is 6.10 Å². The minimum Gasteiger partial charge on any atom is -0.382 e. The van der Waals surface area contributed by atoms with E-state index in [4.69, 9.17) is 21.1 Å². The molecule has 0 aliphatic carbocycles. The summed E-state index contributed by atoms with van der Waals surface area (Å²) in [4.78, 5) is 8.51. The number of imidazole rings is 1. The van der Waals surface area contributed by atoms with Gasteiger partial charge in [-0.1, -0.05) is 0 Å². The van der Waals surface area contributed by atoms with Crippen molar-refractivity contribution in [2.24, 2.45) is 0 Å². The molecule has 0 aliphatic rings. The Bertz CT molecular complexity index is 515. The van der Waals surface area contributed by atoms with Gasteiger partial charge in [-0.05, 0) is 6.07 Å². The molecule has 0 aromatic carbocycles. The number of pyridine rings is 1. The quantitative estimate of drug-likeness (QED) is 0.751. The van der Waals surface area contributed by atoms with E-state index in [0.29, 0.717) is 19.0 Å². The van der Waals surface area contributed by atoms with Crippen LogP contribution in [0.2, 0.25) is 0 Å². The zero-order valence-electron chi connectivity index (χ0n) is 10.5. The Labute approximate surface area is 111 Å². The molecule has 5 nitrogen and oxygen atoms in total. The Hall–Kier alpha value is -1.17. The fourth-order valence-corrected chi connectivity index (χ4v) is 2.13. The van der Waals surface area contributed by atoms with Gasteiger partial charge >= 0.3 is 0 Å². The molecule has 0 saturated carbocycles. The van der Waals surface area contributed by atoms with E-state index in [2.05, 4.69) is 14.5 Å². The average molecular weight is 270 g/mol. The van der Waals surface area contributed by atoms with Crippen LogP contribution in [0.4, 0.5) is 0 Å². The van der Waals surface area contributed by atoms with Crippen LogP contribution < -0.4 is 0 Å². The number of methoxy groups -OCH3 is 2. The Morgan fingerprint density at radius 2 is 2.28 bits per heavy atom. The van der Waals surface area contributed by atoms with Crippen molar-refractivity contribution < 1.29 is 9.47 Å². The number of alkyl halides is 1. The van der Waals surface area contributed by atoms with Crippen molar-refractivity contribution >= 4 is 22.6 Å². The highest BCUT2D eigenvalue weighted by Gasteiger charge is 2.14. The van der Waals surface area contributed by atoms with Gasteiger partial charge in [-0.15, -0.1) is 11.6 Å². The molecular weight excluding hydrogens is 254 g/mol. The zero-order valence-corrected chi connectivity index (χ0v) is 11.2. The standard InChI is InChI=1S/C12H16ClN3O2/c1-17-8-9(18-2)7-16-11-3-4-14-6-10(11)15-12(16)5-13/h3-4,6,9H,5,7-8H2,1-2H3. The van der Waals surface area contributed by atoms with Gasteiger partial charge in [0.2, 0.25) is 0 Å². The van der Waals surface area contributed by atoms with Crippen LogP contribution in [-0.2, 0) is 21.9 Å². The van der Waals surface area contributed by atoms with Crippen LogP contribution in [0, 0.1) is 0 Å². The summed E-state index contributed by atoms with van der Waals surface area (Å²) in [5.74, 6) is 1.18. The van der Waals surface area contributed by atoms with Crippen LogP contribution in [0.25, 0.3) is 11.0 Å². The molecule has 0 N–H and O–H groups in total. The van der Waals surface area contributed by atoms with Gasteiger partial charge in [-0.3, -0.25) is 4.98 Å². The Kier molecular flexibility index (Phi) is 4.52. The highest BCUT2D eigenvalue weighted by molar-refractivity contribution is 6.16. The number of halogens is 1. The van der Waals surface area contributed by atoms with Gasteiger partial charge in [0, 0.05) is 20.4 Å². The minimum atomic E-state index is -0.0254. The summed E-state index contributed by atoms with van der Waals surface area (Å²) >= 11 is 5.93. The predicted molar refractivity (Wildman–Crippen MR) is 69.8 cm³/mol. The second-order valence-electron chi connectivity index (χ2n) is 3.95. The molecule has 0 spiro atoms. The number of ether oxygens (including phenoxy) is 2. The molecule has 18 heavy (non-hydrogen) atoms. The highest BCUT2D eigenvalue weighted by atomic mass is 35.5. The molecule has 98 valence electrons. The summed E-state index contributed by atoms with van der Waals surface area (Å²) in [6.45, 7) is 1.19. The van der Waals surface area contributed by atoms with E-state index < -0.39 is 0 Å². The van der Waals surface area contributed by atoms with E-state index in [1.54, 1.807) is 26.6 Å². The first-order chi connectivity index (χ1) is 8.80. The first kappa shape index (κ1) is 13.3. The maximum absolute atomic E-state index is 5.93. The summed E-state index contributed by atoms with van der Waals surface area (Å²) in [5.41, 5.74) is 1.86. The number of hydrogen-bond donors (Lipinski definition) is 0. The van der Waals surface area contributed by atoms with Crippen LogP contribution in [0.5, 0.6) is 0 Å². The maximum atomic E-state index is 5.93. The molecule has 2 aromatic heterocycles. The van der Waals surface area contributed by atoms with Crippen molar-refractivity contribution in [3.05, 3.63) is 24.3 Å². The van der Waals surface area contributed by atoms with E-state index in [1.165, 1.54) is 0 Å². The molecule has 6 heteroatoms. The smallest absolute Gasteiger partial charge is 0.125 e. The lowest BCUT2D eigenvalue weighted by molar-refractivity contribution is 0.0186. The molecular formula is C12H16ClN3O2. The van der Waals surface area contributed by atoms with Gasteiger partial charge in [0.25, 0.3) is 0 Å². The molecule has 0 radical (unpaired) electrons. The summed E-state index contributed by atoms with van der Waals surface area (Å²) in [5, 5.41) is 0.